The first-order chi connectivity index (χ1) is 13.5. The third-order valence-corrected chi connectivity index (χ3v) is 4.66. The maximum atomic E-state index is 12.8. The molecule has 0 fully saturated rings. The van der Waals surface area contributed by atoms with Crippen molar-refractivity contribution < 1.29 is 4.79 Å². The van der Waals surface area contributed by atoms with Gasteiger partial charge in [0.2, 0.25) is 0 Å². The Morgan fingerprint density at radius 2 is 1.79 bits per heavy atom. The molecule has 28 heavy (non-hydrogen) atoms. The van der Waals surface area contributed by atoms with E-state index in [1.807, 2.05) is 30.3 Å². The third-order valence-electron chi connectivity index (χ3n) is 4.41. The van der Waals surface area contributed by atoms with Crippen molar-refractivity contribution in [3.63, 3.8) is 0 Å². The van der Waals surface area contributed by atoms with Gasteiger partial charge in [-0.2, -0.15) is 9.78 Å². The summed E-state index contributed by atoms with van der Waals surface area (Å²) in [6, 6.07) is 16.4. The van der Waals surface area contributed by atoms with Crippen LogP contribution >= 0.6 is 11.6 Å². The summed E-state index contributed by atoms with van der Waals surface area (Å²) < 4.78 is 3.01. The van der Waals surface area contributed by atoms with Crippen molar-refractivity contribution in [2.45, 2.75) is 6.54 Å². The number of hydrogen-bond acceptors (Lipinski definition) is 3. The molecule has 0 spiro atoms. The number of nitrogens with one attached hydrogen (secondary N) is 1. The van der Waals surface area contributed by atoms with E-state index < -0.39 is 0 Å². The highest BCUT2D eigenvalue weighted by Crippen LogP contribution is 2.22. The minimum absolute atomic E-state index is 0.260. The van der Waals surface area contributed by atoms with Gasteiger partial charge in [-0.3, -0.25) is 9.59 Å². The number of hydrogen-bond donors (Lipinski definition) is 1. The second-order valence-corrected chi connectivity index (χ2v) is 6.90. The molecule has 2 aliphatic rings. The maximum absolute atomic E-state index is 12.8. The number of para-hydroxylation sites is 1. The van der Waals surface area contributed by atoms with E-state index in [4.69, 9.17) is 11.6 Å². The molecule has 2 aromatic rings. The Morgan fingerprint density at radius 3 is 2.50 bits per heavy atom. The van der Waals surface area contributed by atoms with Crippen LogP contribution in [-0.2, 0) is 13.6 Å². The van der Waals surface area contributed by atoms with Gasteiger partial charge in [0.1, 0.15) is 5.69 Å². The zero-order chi connectivity index (χ0) is 19.7. The van der Waals surface area contributed by atoms with Crippen molar-refractivity contribution in [1.82, 2.24) is 19.7 Å². The molecule has 2 aliphatic heterocycles. The van der Waals surface area contributed by atoms with Gasteiger partial charge in [-0.05, 0) is 29.8 Å². The number of rotatable bonds is 4. The van der Waals surface area contributed by atoms with Crippen molar-refractivity contribution >= 4 is 17.5 Å². The summed E-state index contributed by atoms with van der Waals surface area (Å²) in [6.07, 6.45) is 3.35. The Morgan fingerprint density at radius 1 is 1.07 bits per heavy atom. The lowest BCUT2D eigenvalue weighted by Gasteiger charge is -2.10. The molecule has 1 N–H and O–H groups in total. The van der Waals surface area contributed by atoms with Gasteiger partial charge in [-0.1, -0.05) is 41.9 Å². The second kappa shape index (κ2) is 7.32. The van der Waals surface area contributed by atoms with Crippen LogP contribution in [-0.4, -0.2) is 20.3 Å². The smallest absolute Gasteiger partial charge is 0.282 e. The quantitative estimate of drug-likeness (QED) is 0.579. The standard InChI is InChI=1S/C21H17ClN4O2/c1-25-12-17(20(27)23-11-14-7-9-15(22)10-8-14)19-18(13-25)21(28)26(24-19)16-5-3-2-4-6-16/h2-10,12-13H,11H2,1H3,(H,23,27). The molecule has 2 heterocycles. The average molecular weight is 393 g/mol. The Labute approximate surface area is 166 Å². The van der Waals surface area contributed by atoms with E-state index in [1.165, 1.54) is 4.68 Å². The first-order valence-electron chi connectivity index (χ1n) is 8.70. The summed E-state index contributed by atoms with van der Waals surface area (Å²) in [5, 5.41) is 7.94. The van der Waals surface area contributed by atoms with Gasteiger partial charge in [0.25, 0.3) is 11.5 Å². The van der Waals surface area contributed by atoms with E-state index in [0.717, 1.165) is 5.56 Å². The second-order valence-electron chi connectivity index (χ2n) is 6.46. The van der Waals surface area contributed by atoms with Gasteiger partial charge < -0.3 is 9.88 Å². The lowest BCUT2D eigenvalue weighted by atomic mass is 10.1. The van der Waals surface area contributed by atoms with E-state index in [1.54, 1.807) is 48.3 Å². The Balaban J connectivity index is 1.69. The number of aryl methyl sites for hydroxylation is 1. The summed E-state index contributed by atoms with van der Waals surface area (Å²) in [5.41, 5.74) is 2.43. The largest absolute Gasteiger partial charge is 0.356 e. The number of pyridine rings is 1. The summed E-state index contributed by atoms with van der Waals surface area (Å²) in [5.74, 6) is -0.297. The van der Waals surface area contributed by atoms with Gasteiger partial charge >= 0.3 is 0 Å². The van der Waals surface area contributed by atoms with E-state index in [-0.39, 0.29) is 11.5 Å². The van der Waals surface area contributed by atoms with Crippen LogP contribution in [0.4, 0.5) is 0 Å². The number of carbonyl (C=O) groups is 1. The minimum Gasteiger partial charge on any atom is -0.356 e. The zero-order valence-corrected chi connectivity index (χ0v) is 15.8. The van der Waals surface area contributed by atoms with Crippen LogP contribution in [0.1, 0.15) is 15.9 Å². The monoisotopic (exact) mass is 392 g/mol. The first kappa shape index (κ1) is 18.0. The maximum Gasteiger partial charge on any atom is 0.282 e. The van der Waals surface area contributed by atoms with Crippen molar-refractivity contribution in [3.8, 4) is 16.9 Å². The number of nitrogens with zero attached hydrogens (tertiary/aromatic N) is 3. The van der Waals surface area contributed by atoms with E-state index in [2.05, 4.69) is 10.4 Å². The molecule has 0 unspecified atom stereocenters. The van der Waals surface area contributed by atoms with Crippen molar-refractivity contribution in [2.24, 2.45) is 7.05 Å². The molecule has 4 rings (SSSR count). The fourth-order valence-corrected chi connectivity index (χ4v) is 3.15. The van der Waals surface area contributed by atoms with Crippen LogP contribution in [0, 0.1) is 0 Å². The van der Waals surface area contributed by atoms with Gasteiger partial charge in [0.05, 0.1) is 16.8 Å². The van der Waals surface area contributed by atoms with Crippen LogP contribution in [0.3, 0.4) is 0 Å². The number of benzene rings is 2. The SMILES string of the molecule is Cn1cc(C(=O)NCc2ccc(Cl)cc2)c2nn(-c3ccccc3)c(=O)c-2c1. The van der Waals surface area contributed by atoms with Gasteiger partial charge in [0.15, 0.2) is 0 Å². The number of amides is 1. The summed E-state index contributed by atoms with van der Waals surface area (Å²) in [4.78, 5) is 25.6. The van der Waals surface area contributed by atoms with E-state index >= 15 is 0 Å². The molecule has 0 atom stereocenters. The number of fused-ring (bicyclic) bond motifs is 1. The molecule has 0 aromatic heterocycles. The summed E-state index contributed by atoms with van der Waals surface area (Å²) in [6.45, 7) is 0.347. The normalized spacial score (nSPS) is 10.9. The van der Waals surface area contributed by atoms with Crippen LogP contribution in [0.5, 0.6) is 0 Å². The Hall–Kier alpha value is -3.38. The summed E-state index contributed by atoms with van der Waals surface area (Å²) >= 11 is 5.89. The van der Waals surface area contributed by atoms with Gasteiger partial charge in [-0.25, -0.2) is 0 Å². The molecule has 140 valence electrons. The van der Waals surface area contributed by atoms with Gasteiger partial charge in [0, 0.05) is 31.0 Å². The molecular weight excluding hydrogens is 376 g/mol. The Bertz CT molecular complexity index is 1160. The highest BCUT2D eigenvalue weighted by Gasteiger charge is 2.23. The van der Waals surface area contributed by atoms with Crippen molar-refractivity contribution in [3.05, 3.63) is 93.5 Å². The first-order valence-corrected chi connectivity index (χ1v) is 9.08. The molecule has 2 aromatic carbocycles. The van der Waals surface area contributed by atoms with Crippen LogP contribution in [0.25, 0.3) is 16.9 Å². The molecule has 7 heteroatoms. The van der Waals surface area contributed by atoms with Crippen LogP contribution in [0.15, 0.2) is 71.8 Å². The molecule has 1 amide bonds. The lowest BCUT2D eigenvalue weighted by Crippen LogP contribution is -2.24. The highest BCUT2D eigenvalue weighted by molar-refractivity contribution is 6.30. The van der Waals surface area contributed by atoms with Crippen molar-refractivity contribution in [1.29, 1.82) is 0 Å². The van der Waals surface area contributed by atoms with Gasteiger partial charge in [-0.15, -0.1) is 0 Å². The highest BCUT2D eigenvalue weighted by atomic mass is 35.5. The predicted molar refractivity (Wildman–Crippen MR) is 108 cm³/mol. The molecule has 6 nitrogen and oxygen atoms in total. The third kappa shape index (κ3) is 3.42. The molecule has 0 saturated heterocycles. The topological polar surface area (TPSA) is 68.9 Å². The fraction of sp³-hybridized carbons (Fsp3) is 0.0952. The molecule has 0 aliphatic carbocycles. The van der Waals surface area contributed by atoms with Crippen LogP contribution < -0.4 is 10.9 Å². The molecule has 0 bridgehead atoms. The lowest BCUT2D eigenvalue weighted by molar-refractivity contribution is 0.0950. The number of aromatic nitrogens is 3. The predicted octanol–water partition coefficient (Wildman–Crippen LogP) is 3.26. The van der Waals surface area contributed by atoms with E-state index in [9.17, 15) is 9.59 Å². The Kier molecular flexibility index (Phi) is 4.71. The minimum atomic E-state index is -0.297. The number of carbonyl (C=O) groups excluding carboxylic acids is 1. The fourth-order valence-electron chi connectivity index (χ4n) is 3.03. The van der Waals surface area contributed by atoms with E-state index in [0.29, 0.717) is 34.1 Å². The molecule has 0 radical (unpaired) electrons. The average Bonchev–Trinajstić information content (AvgIpc) is 3.04. The molecule has 0 saturated carbocycles. The summed E-state index contributed by atoms with van der Waals surface area (Å²) in [7, 11) is 1.77. The van der Waals surface area contributed by atoms with Crippen LogP contribution in [0.2, 0.25) is 5.02 Å². The van der Waals surface area contributed by atoms with Crippen molar-refractivity contribution in [2.75, 3.05) is 0 Å². The number of halogens is 1. The molecular formula is C21H17ClN4O2. The zero-order valence-electron chi connectivity index (χ0n) is 15.1.